The summed E-state index contributed by atoms with van der Waals surface area (Å²) in [5.41, 5.74) is 0.350. The minimum Gasteiger partial charge on any atom is -0.505 e. The molecule has 2 atom stereocenters. The van der Waals surface area contributed by atoms with Crippen molar-refractivity contribution in [3.8, 4) is 11.5 Å². The highest BCUT2D eigenvalue weighted by atomic mass is 19.2. The molecule has 0 spiro atoms. The maximum Gasteiger partial charge on any atom is 0.204 e. The number of rotatable bonds is 11. The van der Waals surface area contributed by atoms with Crippen LogP contribution in [0.2, 0.25) is 0 Å². The van der Waals surface area contributed by atoms with E-state index in [0.29, 0.717) is 18.4 Å². The lowest BCUT2D eigenvalue weighted by Gasteiger charge is -2.18. The van der Waals surface area contributed by atoms with Crippen molar-refractivity contribution in [1.29, 1.82) is 0 Å². The number of hydrogen-bond acceptors (Lipinski definition) is 3. The normalized spacial score (nSPS) is 12.8. The Kier molecular flexibility index (Phi) is 13.1. The van der Waals surface area contributed by atoms with Crippen LogP contribution >= 0.6 is 0 Å². The van der Waals surface area contributed by atoms with E-state index in [9.17, 15) is 13.2 Å². The highest BCUT2D eigenvalue weighted by Gasteiger charge is 2.16. The fraction of sp³-hybridized carbons (Fsp3) is 0.417. The molecule has 0 saturated heterocycles. The summed E-state index contributed by atoms with van der Waals surface area (Å²) in [5, 5.41) is 9.09. The summed E-state index contributed by atoms with van der Waals surface area (Å²) in [4.78, 5) is 0. The quantitative estimate of drug-likeness (QED) is 0.230. The van der Waals surface area contributed by atoms with Crippen LogP contribution < -0.4 is 4.74 Å². The summed E-state index contributed by atoms with van der Waals surface area (Å²) in [6.45, 7) is 16.7. The van der Waals surface area contributed by atoms with Gasteiger partial charge in [-0.1, -0.05) is 40.0 Å². The van der Waals surface area contributed by atoms with E-state index in [1.807, 2.05) is 19.9 Å². The molecular weight excluding hydrogens is 393 g/mol. The standard InChI is InChI=1S/C20H25F3O3.C4H8/c1-12(11-26-18-9-8-17(24)19(22)20(18)23)6-7-13(2)15(4)16(21)10-14(3)25-5;1-3-4-2/h8-10,12-13,24H,3-4,6-7,11H2,1-2,5H3;3H,1,4H2,2H3/b16-10+;. The van der Waals surface area contributed by atoms with Crippen LogP contribution in [0, 0.1) is 23.5 Å². The van der Waals surface area contributed by atoms with Gasteiger partial charge in [0.25, 0.3) is 0 Å². The van der Waals surface area contributed by atoms with Crippen molar-refractivity contribution in [2.75, 3.05) is 13.7 Å². The zero-order valence-corrected chi connectivity index (χ0v) is 18.3. The number of ether oxygens (including phenoxy) is 2. The third-order valence-electron chi connectivity index (χ3n) is 4.38. The molecule has 0 aliphatic carbocycles. The van der Waals surface area contributed by atoms with Crippen molar-refractivity contribution in [3.63, 3.8) is 0 Å². The van der Waals surface area contributed by atoms with Crippen molar-refractivity contribution >= 4 is 0 Å². The molecule has 0 aliphatic heterocycles. The van der Waals surface area contributed by atoms with Crippen LogP contribution in [0.5, 0.6) is 11.5 Å². The van der Waals surface area contributed by atoms with Crippen molar-refractivity contribution in [2.24, 2.45) is 11.8 Å². The maximum atomic E-state index is 14.0. The first kappa shape index (κ1) is 27.4. The van der Waals surface area contributed by atoms with E-state index < -0.39 is 23.2 Å². The Morgan fingerprint density at radius 2 is 1.77 bits per heavy atom. The fourth-order valence-electron chi connectivity index (χ4n) is 2.19. The molecule has 0 radical (unpaired) electrons. The summed E-state index contributed by atoms with van der Waals surface area (Å²) in [6, 6.07) is 2.21. The lowest BCUT2D eigenvalue weighted by atomic mass is 9.92. The van der Waals surface area contributed by atoms with Gasteiger partial charge < -0.3 is 14.6 Å². The lowest BCUT2D eigenvalue weighted by molar-refractivity contribution is 0.232. The van der Waals surface area contributed by atoms with Crippen LogP contribution in [0.15, 0.2) is 61.2 Å². The molecule has 1 N–H and O–H groups in total. The van der Waals surface area contributed by atoms with Gasteiger partial charge >= 0.3 is 0 Å². The largest absolute Gasteiger partial charge is 0.505 e. The molecule has 0 heterocycles. The Balaban J connectivity index is 0.00000192. The molecule has 1 aromatic rings. The molecule has 30 heavy (non-hydrogen) atoms. The van der Waals surface area contributed by atoms with Crippen LogP contribution in [0.3, 0.4) is 0 Å². The van der Waals surface area contributed by atoms with Crippen LogP contribution in [0.4, 0.5) is 13.2 Å². The van der Waals surface area contributed by atoms with Crippen LogP contribution in [-0.2, 0) is 4.74 Å². The molecular formula is C24H33F3O3. The predicted octanol–water partition coefficient (Wildman–Crippen LogP) is 7.25. The molecule has 1 aromatic carbocycles. The maximum absolute atomic E-state index is 14.0. The van der Waals surface area contributed by atoms with Gasteiger partial charge in [0.2, 0.25) is 11.6 Å². The number of phenolic OH excluding ortho intramolecular Hbond substituents is 1. The topological polar surface area (TPSA) is 38.7 Å². The second-order valence-corrected chi connectivity index (χ2v) is 6.99. The monoisotopic (exact) mass is 426 g/mol. The Labute approximate surface area is 178 Å². The van der Waals surface area contributed by atoms with Crippen LogP contribution in [-0.4, -0.2) is 18.8 Å². The Hall–Kier alpha value is -2.63. The van der Waals surface area contributed by atoms with Gasteiger partial charge in [-0.25, -0.2) is 4.39 Å². The minimum atomic E-state index is -1.33. The Morgan fingerprint density at radius 3 is 2.30 bits per heavy atom. The smallest absolute Gasteiger partial charge is 0.204 e. The van der Waals surface area contributed by atoms with Gasteiger partial charge in [0, 0.05) is 6.08 Å². The molecule has 0 fully saturated rings. The van der Waals surface area contributed by atoms with E-state index in [4.69, 9.17) is 14.6 Å². The third kappa shape index (κ3) is 9.72. The summed E-state index contributed by atoms with van der Waals surface area (Å²) in [7, 11) is 1.41. The summed E-state index contributed by atoms with van der Waals surface area (Å²) < 4.78 is 51.0. The van der Waals surface area contributed by atoms with Crippen molar-refractivity contribution in [3.05, 3.63) is 72.8 Å². The number of methoxy groups -OCH3 is 1. The number of allylic oxidation sites excluding steroid dienone is 4. The molecule has 6 heteroatoms. The third-order valence-corrected chi connectivity index (χ3v) is 4.38. The molecule has 0 bridgehead atoms. The fourth-order valence-corrected chi connectivity index (χ4v) is 2.19. The first-order chi connectivity index (χ1) is 14.1. The first-order valence-electron chi connectivity index (χ1n) is 9.78. The predicted molar refractivity (Wildman–Crippen MR) is 116 cm³/mol. The van der Waals surface area contributed by atoms with Crippen LogP contribution in [0.1, 0.15) is 40.0 Å². The van der Waals surface area contributed by atoms with Gasteiger partial charge in [-0.15, -0.1) is 6.58 Å². The number of halogens is 3. The van der Waals surface area contributed by atoms with Gasteiger partial charge in [-0.05, 0) is 48.8 Å². The summed E-state index contributed by atoms with van der Waals surface area (Å²) in [5.74, 6) is -3.91. The molecule has 0 amide bonds. The van der Waals surface area contributed by atoms with E-state index in [-0.39, 0.29) is 30.0 Å². The highest BCUT2D eigenvalue weighted by Crippen LogP contribution is 2.28. The zero-order chi connectivity index (χ0) is 23.3. The number of phenols is 1. The number of benzene rings is 1. The number of aromatic hydroxyl groups is 1. The van der Waals surface area contributed by atoms with Gasteiger partial charge in [-0.3, -0.25) is 0 Å². The van der Waals surface area contributed by atoms with Gasteiger partial charge in [-0.2, -0.15) is 8.78 Å². The van der Waals surface area contributed by atoms with Crippen molar-refractivity contribution in [2.45, 2.75) is 40.0 Å². The van der Waals surface area contributed by atoms with Gasteiger partial charge in [0.15, 0.2) is 11.5 Å². The average molecular weight is 427 g/mol. The Morgan fingerprint density at radius 1 is 1.17 bits per heavy atom. The highest BCUT2D eigenvalue weighted by molar-refractivity contribution is 5.34. The van der Waals surface area contributed by atoms with Crippen LogP contribution in [0.25, 0.3) is 0 Å². The molecule has 1 rings (SSSR count). The van der Waals surface area contributed by atoms with Gasteiger partial charge in [0.1, 0.15) is 11.6 Å². The Bertz CT molecular complexity index is 741. The van der Waals surface area contributed by atoms with E-state index in [1.165, 1.54) is 19.3 Å². The molecule has 0 saturated carbocycles. The first-order valence-corrected chi connectivity index (χ1v) is 9.78. The van der Waals surface area contributed by atoms with E-state index in [2.05, 4.69) is 26.7 Å². The SMILES string of the molecule is C=C(/C=C(/F)C(=C)C(C)CCC(C)COc1ccc(O)c(F)c1F)OC.C=CCC. The van der Waals surface area contributed by atoms with E-state index in [1.54, 1.807) is 0 Å². The average Bonchev–Trinajstić information content (AvgIpc) is 2.74. The lowest BCUT2D eigenvalue weighted by Crippen LogP contribution is -2.12. The summed E-state index contributed by atoms with van der Waals surface area (Å²) in [6.07, 6.45) is 5.48. The van der Waals surface area contributed by atoms with Gasteiger partial charge in [0.05, 0.1) is 13.7 Å². The van der Waals surface area contributed by atoms with Crippen molar-refractivity contribution < 1.29 is 27.8 Å². The van der Waals surface area contributed by atoms with E-state index in [0.717, 1.165) is 12.5 Å². The molecule has 3 nitrogen and oxygen atoms in total. The second-order valence-electron chi connectivity index (χ2n) is 6.99. The van der Waals surface area contributed by atoms with E-state index >= 15 is 0 Å². The minimum absolute atomic E-state index is 0.0301. The number of hydrogen-bond donors (Lipinski definition) is 1. The molecule has 0 aliphatic rings. The summed E-state index contributed by atoms with van der Waals surface area (Å²) >= 11 is 0. The second kappa shape index (κ2) is 14.4. The molecule has 168 valence electrons. The van der Waals surface area contributed by atoms with Crippen molar-refractivity contribution in [1.82, 2.24) is 0 Å². The zero-order valence-electron chi connectivity index (χ0n) is 18.3. The molecule has 2 unspecified atom stereocenters. The molecule has 0 aromatic heterocycles.